The molecule has 1 aromatic rings. The van der Waals surface area contributed by atoms with E-state index in [9.17, 15) is 9.50 Å². The van der Waals surface area contributed by atoms with Gasteiger partial charge in [-0.15, -0.1) is 0 Å². The average Bonchev–Trinajstić information content (AvgIpc) is 2.12. The number of aliphatic hydroxyl groups is 1. The molecule has 0 bridgehead atoms. The Morgan fingerprint density at radius 3 is 2.62 bits per heavy atom. The van der Waals surface area contributed by atoms with Crippen LogP contribution in [0.3, 0.4) is 0 Å². The molecule has 1 aromatic carbocycles. The first-order valence-electron chi connectivity index (χ1n) is 4.21. The fourth-order valence-corrected chi connectivity index (χ4v) is 1.47. The smallest absolute Gasteiger partial charge is 0.126 e. The minimum atomic E-state index is -0.768. The van der Waals surface area contributed by atoms with E-state index in [0.717, 1.165) is 5.56 Å². The molecule has 0 fully saturated rings. The predicted octanol–water partition coefficient (Wildman–Crippen LogP) is 1.43. The summed E-state index contributed by atoms with van der Waals surface area (Å²) in [7, 11) is 0. The van der Waals surface area contributed by atoms with Crippen LogP contribution in [0.25, 0.3) is 0 Å². The maximum absolute atomic E-state index is 13.1. The molecule has 72 valence electrons. The second-order valence-corrected chi connectivity index (χ2v) is 3.15. The van der Waals surface area contributed by atoms with Crippen molar-refractivity contribution in [2.24, 2.45) is 5.73 Å². The van der Waals surface area contributed by atoms with Gasteiger partial charge in [0.25, 0.3) is 0 Å². The Kier molecular flexibility index (Phi) is 3.01. The van der Waals surface area contributed by atoms with Crippen molar-refractivity contribution in [2.45, 2.75) is 20.0 Å². The molecule has 3 N–H and O–H groups in total. The number of aryl methyl sites for hydroxylation is 1. The third-order valence-corrected chi connectivity index (χ3v) is 2.22. The van der Waals surface area contributed by atoms with Gasteiger partial charge in [-0.05, 0) is 36.6 Å². The molecule has 0 spiro atoms. The summed E-state index contributed by atoms with van der Waals surface area (Å²) in [6.45, 7) is 3.60. The van der Waals surface area contributed by atoms with Crippen molar-refractivity contribution < 1.29 is 9.50 Å². The lowest BCUT2D eigenvalue weighted by Gasteiger charge is -2.15. The number of hydrogen-bond acceptors (Lipinski definition) is 2. The molecule has 1 atom stereocenters. The molecule has 0 aromatic heterocycles. The molecule has 2 nitrogen and oxygen atoms in total. The molecule has 3 heteroatoms. The van der Waals surface area contributed by atoms with Crippen LogP contribution in [-0.4, -0.2) is 11.7 Å². The van der Waals surface area contributed by atoms with Gasteiger partial charge in [-0.3, -0.25) is 0 Å². The zero-order chi connectivity index (χ0) is 10.0. The molecule has 0 saturated carbocycles. The third-order valence-electron chi connectivity index (χ3n) is 2.22. The van der Waals surface area contributed by atoms with E-state index >= 15 is 0 Å². The number of hydrogen-bond donors (Lipinski definition) is 2. The van der Waals surface area contributed by atoms with Gasteiger partial charge in [-0.1, -0.05) is 6.07 Å². The monoisotopic (exact) mass is 183 g/mol. The highest BCUT2D eigenvalue weighted by Crippen LogP contribution is 2.23. The second kappa shape index (κ2) is 3.85. The van der Waals surface area contributed by atoms with Crippen molar-refractivity contribution in [3.63, 3.8) is 0 Å². The molecule has 0 aliphatic carbocycles. The van der Waals surface area contributed by atoms with Crippen molar-refractivity contribution in [2.75, 3.05) is 6.54 Å². The normalized spacial score (nSPS) is 13.0. The molecular formula is C10H14FNO. The highest BCUT2D eigenvalue weighted by atomic mass is 19.1. The lowest BCUT2D eigenvalue weighted by molar-refractivity contribution is 0.184. The predicted molar refractivity (Wildman–Crippen MR) is 49.9 cm³/mol. The zero-order valence-electron chi connectivity index (χ0n) is 7.84. The lowest BCUT2D eigenvalue weighted by atomic mass is 9.97. The molecule has 0 heterocycles. The Bertz CT molecular complexity index is 312. The maximum atomic E-state index is 13.1. The Labute approximate surface area is 77.2 Å². The van der Waals surface area contributed by atoms with Crippen LogP contribution in [0.5, 0.6) is 0 Å². The zero-order valence-corrected chi connectivity index (χ0v) is 7.84. The number of rotatable bonds is 2. The number of nitrogens with two attached hydrogens (primary N) is 1. The lowest BCUT2D eigenvalue weighted by Crippen LogP contribution is -2.14. The van der Waals surface area contributed by atoms with E-state index in [4.69, 9.17) is 5.73 Å². The summed E-state index contributed by atoms with van der Waals surface area (Å²) in [4.78, 5) is 0. The van der Waals surface area contributed by atoms with E-state index in [1.807, 2.05) is 6.92 Å². The van der Waals surface area contributed by atoms with Gasteiger partial charge in [-0.2, -0.15) is 0 Å². The van der Waals surface area contributed by atoms with Gasteiger partial charge in [-0.25, -0.2) is 4.39 Å². The van der Waals surface area contributed by atoms with Crippen LogP contribution in [-0.2, 0) is 0 Å². The highest BCUT2D eigenvalue weighted by molar-refractivity contribution is 5.36. The third kappa shape index (κ3) is 1.87. The SMILES string of the molecule is Cc1ccc(F)c(C)c1C(O)CN. The van der Waals surface area contributed by atoms with Gasteiger partial charge in [0.2, 0.25) is 0 Å². The molecule has 1 rings (SSSR count). The van der Waals surface area contributed by atoms with Crippen LogP contribution >= 0.6 is 0 Å². The van der Waals surface area contributed by atoms with Gasteiger partial charge in [0.05, 0.1) is 6.10 Å². The molecule has 1 unspecified atom stereocenters. The van der Waals surface area contributed by atoms with Crippen LogP contribution in [0, 0.1) is 19.7 Å². The first-order valence-corrected chi connectivity index (χ1v) is 4.21. The summed E-state index contributed by atoms with van der Waals surface area (Å²) >= 11 is 0. The van der Waals surface area contributed by atoms with Gasteiger partial charge in [0.15, 0.2) is 0 Å². The Morgan fingerprint density at radius 2 is 2.08 bits per heavy atom. The van der Waals surface area contributed by atoms with E-state index in [1.54, 1.807) is 13.0 Å². The van der Waals surface area contributed by atoms with Gasteiger partial charge < -0.3 is 10.8 Å². The topological polar surface area (TPSA) is 46.2 Å². The van der Waals surface area contributed by atoms with Crippen molar-refractivity contribution in [1.29, 1.82) is 0 Å². The number of aliphatic hydroxyl groups excluding tert-OH is 1. The minimum Gasteiger partial charge on any atom is -0.387 e. The van der Waals surface area contributed by atoms with Crippen molar-refractivity contribution >= 4 is 0 Å². The van der Waals surface area contributed by atoms with E-state index < -0.39 is 6.10 Å². The Morgan fingerprint density at radius 1 is 1.46 bits per heavy atom. The van der Waals surface area contributed by atoms with E-state index in [0.29, 0.717) is 11.1 Å². The summed E-state index contributed by atoms with van der Waals surface area (Å²) in [6, 6.07) is 3.05. The van der Waals surface area contributed by atoms with Crippen molar-refractivity contribution in [3.8, 4) is 0 Å². The second-order valence-electron chi connectivity index (χ2n) is 3.15. The van der Waals surface area contributed by atoms with E-state index in [1.165, 1.54) is 6.07 Å². The molecule has 0 aliphatic heterocycles. The van der Waals surface area contributed by atoms with Crippen LogP contribution in [0.4, 0.5) is 4.39 Å². The van der Waals surface area contributed by atoms with E-state index in [2.05, 4.69) is 0 Å². The first-order chi connectivity index (χ1) is 6.07. The quantitative estimate of drug-likeness (QED) is 0.728. The van der Waals surface area contributed by atoms with Gasteiger partial charge in [0.1, 0.15) is 5.82 Å². The summed E-state index contributed by atoms with van der Waals surface area (Å²) in [5.41, 5.74) is 7.29. The minimum absolute atomic E-state index is 0.116. The molecule has 0 radical (unpaired) electrons. The molecule has 0 aliphatic rings. The molecule has 0 saturated heterocycles. The van der Waals surface area contributed by atoms with Crippen LogP contribution < -0.4 is 5.73 Å². The first kappa shape index (κ1) is 10.2. The van der Waals surface area contributed by atoms with Crippen LogP contribution in [0.1, 0.15) is 22.8 Å². The number of benzene rings is 1. The van der Waals surface area contributed by atoms with E-state index in [-0.39, 0.29) is 12.4 Å². The number of halogens is 1. The largest absolute Gasteiger partial charge is 0.387 e. The molecule has 13 heavy (non-hydrogen) atoms. The Hall–Kier alpha value is -0.930. The fourth-order valence-electron chi connectivity index (χ4n) is 1.47. The molecule has 0 amide bonds. The summed E-state index contributed by atoms with van der Waals surface area (Å²) in [5, 5.41) is 9.52. The maximum Gasteiger partial charge on any atom is 0.126 e. The van der Waals surface area contributed by atoms with Gasteiger partial charge >= 0.3 is 0 Å². The van der Waals surface area contributed by atoms with Crippen molar-refractivity contribution in [3.05, 3.63) is 34.6 Å². The van der Waals surface area contributed by atoms with Crippen LogP contribution in [0.15, 0.2) is 12.1 Å². The molecular weight excluding hydrogens is 169 g/mol. The fraction of sp³-hybridized carbons (Fsp3) is 0.400. The van der Waals surface area contributed by atoms with Crippen molar-refractivity contribution in [1.82, 2.24) is 0 Å². The summed E-state index contributed by atoms with van der Waals surface area (Å²) < 4.78 is 13.1. The standard InChI is InChI=1S/C10H14FNO/c1-6-3-4-8(11)7(2)10(6)9(13)5-12/h3-4,9,13H,5,12H2,1-2H3. The highest BCUT2D eigenvalue weighted by Gasteiger charge is 2.13. The van der Waals surface area contributed by atoms with Crippen LogP contribution in [0.2, 0.25) is 0 Å². The van der Waals surface area contributed by atoms with Gasteiger partial charge in [0, 0.05) is 6.54 Å². The Balaban J connectivity index is 3.25. The summed E-state index contributed by atoms with van der Waals surface area (Å²) in [5.74, 6) is -0.298. The summed E-state index contributed by atoms with van der Waals surface area (Å²) in [6.07, 6.45) is -0.768. The average molecular weight is 183 g/mol.